The second-order valence-corrected chi connectivity index (χ2v) is 10.9. The second-order valence-electron chi connectivity index (χ2n) is 10.9. The Labute approximate surface area is 224 Å². The Balaban J connectivity index is 1.27. The average Bonchev–Trinajstić information content (AvgIpc) is 3.75. The molecule has 1 aromatic heterocycles. The number of amides is 2. The normalized spacial score (nSPS) is 19.5. The number of anilines is 2. The summed E-state index contributed by atoms with van der Waals surface area (Å²) < 4.78 is 5.25. The van der Waals surface area contributed by atoms with Crippen molar-refractivity contribution in [2.45, 2.75) is 64.8 Å². The molecule has 0 unspecified atom stereocenters. The SMILES string of the molecule is C=CC(=O)N1CCN([C@H](CC2CC2)c2ccc([C@H](C)Nc3ncc4c(n3)N(C(C)C)C(=O)OC4)cc2)CC1. The van der Waals surface area contributed by atoms with Crippen molar-refractivity contribution >= 4 is 23.8 Å². The lowest BCUT2D eigenvalue weighted by Crippen LogP contribution is -2.49. The Kier molecular flexibility index (Phi) is 7.65. The van der Waals surface area contributed by atoms with Crippen molar-refractivity contribution in [1.82, 2.24) is 19.8 Å². The first-order valence-corrected chi connectivity index (χ1v) is 13.7. The van der Waals surface area contributed by atoms with Gasteiger partial charge in [0.05, 0.1) is 11.6 Å². The first-order chi connectivity index (χ1) is 18.3. The van der Waals surface area contributed by atoms with Crippen molar-refractivity contribution in [3.63, 3.8) is 0 Å². The van der Waals surface area contributed by atoms with Crippen molar-refractivity contribution < 1.29 is 14.3 Å². The van der Waals surface area contributed by atoms with E-state index in [1.54, 1.807) is 11.1 Å². The van der Waals surface area contributed by atoms with Crippen molar-refractivity contribution in [2.24, 2.45) is 5.92 Å². The standard InChI is InChI=1S/C29H38N6O3/c1-5-26(36)34-14-12-33(13-15-34)25(16-21-6-7-21)23-10-8-22(9-11-23)20(4)31-28-30-17-24-18-38-29(37)35(19(2)3)27(24)32-28/h5,8-11,17,19-21,25H,1,6-7,12-16,18H2,2-4H3,(H,30,31,32)/t20-,25+/m0/s1. The van der Waals surface area contributed by atoms with E-state index < -0.39 is 0 Å². The number of aromatic nitrogens is 2. The van der Waals surface area contributed by atoms with Crippen LogP contribution in [0.2, 0.25) is 0 Å². The van der Waals surface area contributed by atoms with Crippen LogP contribution in [-0.4, -0.2) is 64.0 Å². The van der Waals surface area contributed by atoms with Crippen LogP contribution in [-0.2, 0) is 16.1 Å². The summed E-state index contributed by atoms with van der Waals surface area (Å²) in [5.74, 6) is 1.92. The highest BCUT2D eigenvalue weighted by Crippen LogP contribution is 2.40. The van der Waals surface area contributed by atoms with Gasteiger partial charge in [-0.1, -0.05) is 43.7 Å². The Morgan fingerprint density at radius 1 is 1.13 bits per heavy atom. The van der Waals surface area contributed by atoms with Crippen LogP contribution in [0.3, 0.4) is 0 Å². The van der Waals surface area contributed by atoms with Crippen molar-refractivity contribution in [3.05, 3.63) is 59.8 Å². The summed E-state index contributed by atoms with van der Waals surface area (Å²) in [7, 11) is 0. The minimum Gasteiger partial charge on any atom is -0.444 e. The molecule has 0 spiro atoms. The number of fused-ring (bicyclic) bond motifs is 1. The quantitative estimate of drug-likeness (QED) is 0.482. The smallest absolute Gasteiger partial charge is 0.416 e. The van der Waals surface area contributed by atoms with Gasteiger partial charge in [0, 0.05) is 44.5 Å². The minimum atomic E-state index is -0.379. The molecule has 1 aromatic carbocycles. The fourth-order valence-electron chi connectivity index (χ4n) is 5.36. The number of piperazine rings is 1. The molecule has 2 aliphatic heterocycles. The zero-order chi connectivity index (χ0) is 26.8. The van der Waals surface area contributed by atoms with Crippen molar-refractivity contribution in [3.8, 4) is 0 Å². The molecule has 0 bridgehead atoms. The number of ether oxygens (including phenoxy) is 1. The summed E-state index contributed by atoms with van der Waals surface area (Å²) in [6, 6.07) is 9.13. The summed E-state index contributed by atoms with van der Waals surface area (Å²) in [6.45, 7) is 13.0. The van der Waals surface area contributed by atoms with Gasteiger partial charge in [-0.05, 0) is 50.3 Å². The summed E-state index contributed by atoms with van der Waals surface area (Å²) in [5.41, 5.74) is 3.27. The highest BCUT2D eigenvalue weighted by molar-refractivity contribution is 5.89. The van der Waals surface area contributed by atoms with Crippen molar-refractivity contribution in [1.29, 1.82) is 0 Å². The van der Waals surface area contributed by atoms with E-state index in [2.05, 4.69) is 58.0 Å². The number of nitrogens with zero attached hydrogens (tertiary/aromatic N) is 5. The van der Waals surface area contributed by atoms with E-state index in [-0.39, 0.29) is 30.7 Å². The molecule has 1 N–H and O–H groups in total. The lowest BCUT2D eigenvalue weighted by atomic mass is 9.96. The van der Waals surface area contributed by atoms with E-state index in [1.165, 1.54) is 30.9 Å². The molecule has 3 aliphatic rings. The second kappa shape index (κ2) is 11.1. The monoisotopic (exact) mass is 518 g/mol. The predicted molar refractivity (Wildman–Crippen MR) is 147 cm³/mol. The van der Waals surface area contributed by atoms with Crippen LogP contribution in [0.5, 0.6) is 0 Å². The minimum absolute atomic E-state index is 0.0134. The maximum atomic E-state index is 12.3. The fourth-order valence-corrected chi connectivity index (χ4v) is 5.36. The highest BCUT2D eigenvalue weighted by atomic mass is 16.6. The first kappa shape index (κ1) is 26.2. The molecule has 5 rings (SSSR count). The topological polar surface area (TPSA) is 90.9 Å². The maximum absolute atomic E-state index is 12.3. The lowest BCUT2D eigenvalue weighted by Gasteiger charge is -2.39. The lowest BCUT2D eigenvalue weighted by molar-refractivity contribution is -0.128. The zero-order valence-electron chi connectivity index (χ0n) is 22.6. The Bertz CT molecular complexity index is 1170. The molecular formula is C29H38N6O3. The Morgan fingerprint density at radius 2 is 1.82 bits per heavy atom. The molecule has 9 nitrogen and oxygen atoms in total. The average molecular weight is 519 g/mol. The molecule has 38 heavy (non-hydrogen) atoms. The molecular weight excluding hydrogens is 480 g/mol. The van der Waals surface area contributed by atoms with E-state index in [9.17, 15) is 9.59 Å². The van der Waals surface area contributed by atoms with E-state index in [0.29, 0.717) is 17.8 Å². The molecule has 3 heterocycles. The van der Waals surface area contributed by atoms with Gasteiger partial charge in [0.25, 0.3) is 0 Å². The van der Waals surface area contributed by atoms with Gasteiger partial charge in [-0.2, -0.15) is 4.98 Å². The number of hydrogen-bond acceptors (Lipinski definition) is 7. The Hall–Kier alpha value is -3.46. The van der Waals surface area contributed by atoms with Crippen LogP contribution in [0.25, 0.3) is 0 Å². The van der Waals surface area contributed by atoms with E-state index >= 15 is 0 Å². The van der Waals surface area contributed by atoms with Crippen LogP contribution < -0.4 is 10.2 Å². The molecule has 2 aromatic rings. The van der Waals surface area contributed by atoms with Gasteiger partial charge in [0.1, 0.15) is 12.4 Å². The summed E-state index contributed by atoms with van der Waals surface area (Å²) >= 11 is 0. The van der Waals surface area contributed by atoms with Crippen LogP contribution in [0.4, 0.5) is 16.6 Å². The molecule has 1 aliphatic carbocycles. The third-order valence-corrected chi connectivity index (χ3v) is 7.80. The molecule has 1 saturated carbocycles. The molecule has 9 heteroatoms. The largest absolute Gasteiger partial charge is 0.444 e. The number of cyclic esters (lactones) is 1. The van der Waals surface area contributed by atoms with E-state index in [0.717, 1.165) is 43.2 Å². The van der Waals surface area contributed by atoms with E-state index in [4.69, 9.17) is 4.74 Å². The maximum Gasteiger partial charge on any atom is 0.416 e. The van der Waals surface area contributed by atoms with Gasteiger partial charge in [0.2, 0.25) is 11.9 Å². The predicted octanol–water partition coefficient (Wildman–Crippen LogP) is 4.69. The number of benzene rings is 1. The number of hydrogen-bond donors (Lipinski definition) is 1. The van der Waals surface area contributed by atoms with Gasteiger partial charge in [0.15, 0.2) is 0 Å². The molecule has 202 valence electrons. The molecule has 2 amide bonds. The van der Waals surface area contributed by atoms with E-state index in [1.807, 2.05) is 18.7 Å². The molecule has 2 atom stereocenters. The van der Waals surface area contributed by atoms with Crippen LogP contribution in [0.1, 0.15) is 68.8 Å². The number of carbonyl (C=O) groups is 2. The van der Waals surface area contributed by atoms with Gasteiger partial charge >= 0.3 is 6.09 Å². The van der Waals surface area contributed by atoms with Gasteiger partial charge in [-0.25, -0.2) is 9.78 Å². The van der Waals surface area contributed by atoms with Gasteiger partial charge in [-0.3, -0.25) is 14.6 Å². The van der Waals surface area contributed by atoms with Crippen LogP contribution in [0, 0.1) is 5.92 Å². The first-order valence-electron chi connectivity index (χ1n) is 13.7. The highest BCUT2D eigenvalue weighted by Gasteiger charge is 2.33. The number of carbonyl (C=O) groups excluding carboxylic acids is 2. The number of rotatable bonds is 9. The Morgan fingerprint density at radius 3 is 2.45 bits per heavy atom. The number of nitrogens with one attached hydrogen (secondary N) is 1. The summed E-state index contributed by atoms with van der Waals surface area (Å²) in [5, 5.41) is 3.40. The molecule has 0 radical (unpaired) electrons. The van der Waals surface area contributed by atoms with Gasteiger partial charge in [-0.15, -0.1) is 0 Å². The van der Waals surface area contributed by atoms with Crippen LogP contribution in [0.15, 0.2) is 43.1 Å². The summed E-state index contributed by atoms with van der Waals surface area (Å²) in [6.07, 6.45) is 6.56. The van der Waals surface area contributed by atoms with Gasteiger partial charge < -0.3 is 15.0 Å². The summed E-state index contributed by atoms with van der Waals surface area (Å²) in [4.78, 5) is 39.4. The molecule has 1 saturated heterocycles. The zero-order valence-corrected chi connectivity index (χ0v) is 22.6. The molecule has 2 fully saturated rings. The van der Waals surface area contributed by atoms with Crippen LogP contribution >= 0.6 is 0 Å². The third-order valence-electron chi connectivity index (χ3n) is 7.80. The third kappa shape index (κ3) is 5.67. The van der Waals surface area contributed by atoms with Crippen molar-refractivity contribution in [2.75, 3.05) is 36.4 Å². The fraction of sp³-hybridized carbons (Fsp3) is 0.517.